The molecule has 0 bridgehead atoms. The molecule has 0 unspecified atom stereocenters. The van der Waals surface area contributed by atoms with E-state index in [1.807, 2.05) is 24.3 Å². The Bertz CT molecular complexity index is 803. The predicted molar refractivity (Wildman–Crippen MR) is 116 cm³/mol. The molecular formula is C19H21BrN2O2S2. The molecule has 3 rings (SSSR count). The van der Waals surface area contributed by atoms with Gasteiger partial charge < -0.3 is 15.4 Å². The predicted octanol–water partition coefficient (Wildman–Crippen LogP) is 5.77. The lowest BCUT2D eigenvalue weighted by Crippen LogP contribution is -2.20. The molecule has 1 aliphatic carbocycles. The van der Waals surface area contributed by atoms with E-state index < -0.39 is 0 Å². The number of rotatable bonds is 3. The van der Waals surface area contributed by atoms with Gasteiger partial charge in [-0.2, -0.15) is 0 Å². The fourth-order valence-corrected chi connectivity index (χ4v) is 4.95. The van der Waals surface area contributed by atoms with Gasteiger partial charge in [0.05, 0.1) is 12.7 Å². The number of benzene rings is 1. The molecule has 7 heteroatoms. The third kappa shape index (κ3) is 4.64. The normalized spacial score (nSPS) is 13.9. The number of anilines is 2. The van der Waals surface area contributed by atoms with E-state index in [9.17, 15) is 4.79 Å². The van der Waals surface area contributed by atoms with Crippen molar-refractivity contribution in [1.29, 1.82) is 0 Å². The summed E-state index contributed by atoms with van der Waals surface area (Å²) in [4.78, 5) is 13.7. The van der Waals surface area contributed by atoms with Crippen molar-refractivity contribution in [3.8, 4) is 0 Å². The van der Waals surface area contributed by atoms with E-state index in [4.69, 9.17) is 17.0 Å². The molecule has 2 aromatic rings. The van der Waals surface area contributed by atoms with E-state index in [2.05, 4.69) is 26.6 Å². The second-order valence-corrected chi connectivity index (χ2v) is 8.63. The zero-order chi connectivity index (χ0) is 18.5. The first kappa shape index (κ1) is 19.3. The van der Waals surface area contributed by atoms with Crippen molar-refractivity contribution in [3.63, 3.8) is 0 Å². The van der Waals surface area contributed by atoms with E-state index in [-0.39, 0.29) is 5.97 Å². The first-order valence-electron chi connectivity index (χ1n) is 8.65. The molecule has 0 spiro atoms. The number of nitrogens with one attached hydrogen (secondary N) is 2. The van der Waals surface area contributed by atoms with Gasteiger partial charge in [-0.05, 0) is 67.7 Å². The van der Waals surface area contributed by atoms with Gasteiger partial charge in [0, 0.05) is 15.0 Å². The third-order valence-electron chi connectivity index (χ3n) is 4.39. The number of thiophene rings is 1. The van der Waals surface area contributed by atoms with Crippen molar-refractivity contribution >= 4 is 61.3 Å². The number of thiocarbonyl (C=S) groups is 1. The molecule has 1 aromatic heterocycles. The van der Waals surface area contributed by atoms with Crippen LogP contribution in [0.3, 0.4) is 0 Å². The lowest BCUT2D eigenvalue weighted by molar-refractivity contribution is 0.0601. The summed E-state index contributed by atoms with van der Waals surface area (Å²) in [5.41, 5.74) is 2.67. The maximum Gasteiger partial charge on any atom is 0.341 e. The Morgan fingerprint density at radius 2 is 1.81 bits per heavy atom. The number of carbonyl (C=O) groups is 1. The van der Waals surface area contributed by atoms with Crippen molar-refractivity contribution < 1.29 is 9.53 Å². The van der Waals surface area contributed by atoms with E-state index in [0.29, 0.717) is 10.7 Å². The fraction of sp³-hybridized carbons (Fsp3) is 0.368. The van der Waals surface area contributed by atoms with Gasteiger partial charge in [-0.3, -0.25) is 0 Å². The summed E-state index contributed by atoms with van der Waals surface area (Å²) in [5.74, 6) is -0.294. The number of methoxy groups -OCH3 is 1. The average Bonchev–Trinajstić information content (AvgIpc) is 2.92. The van der Waals surface area contributed by atoms with Crippen LogP contribution in [0.1, 0.15) is 46.5 Å². The lowest BCUT2D eigenvalue weighted by Gasteiger charge is -2.12. The number of esters is 1. The van der Waals surface area contributed by atoms with Crippen LogP contribution in [0.4, 0.5) is 10.7 Å². The zero-order valence-corrected chi connectivity index (χ0v) is 17.8. The smallest absolute Gasteiger partial charge is 0.341 e. The Kier molecular flexibility index (Phi) is 6.67. The van der Waals surface area contributed by atoms with Crippen LogP contribution in [0.2, 0.25) is 0 Å². The van der Waals surface area contributed by atoms with Gasteiger partial charge in [0.2, 0.25) is 0 Å². The second-order valence-electron chi connectivity index (χ2n) is 6.20. The Hall–Kier alpha value is -1.44. The maximum absolute atomic E-state index is 12.4. The van der Waals surface area contributed by atoms with Crippen LogP contribution in [0.25, 0.3) is 0 Å². The van der Waals surface area contributed by atoms with E-state index in [0.717, 1.165) is 46.4 Å². The Balaban J connectivity index is 1.83. The Labute approximate surface area is 171 Å². The van der Waals surface area contributed by atoms with Crippen LogP contribution in [-0.4, -0.2) is 18.2 Å². The molecule has 0 fully saturated rings. The van der Waals surface area contributed by atoms with Gasteiger partial charge in [-0.25, -0.2) is 4.79 Å². The molecule has 0 aliphatic heterocycles. The standard InChI is InChI=1S/C19H21BrN2O2S2/c1-24-18(23)16-14-6-4-2-3-5-7-15(14)26-17(16)22-19(25)21-13-10-8-12(20)9-11-13/h8-11H,2-7H2,1H3,(H2,21,22,25). The van der Waals surface area contributed by atoms with E-state index in [1.54, 1.807) is 11.3 Å². The van der Waals surface area contributed by atoms with Crippen LogP contribution >= 0.6 is 39.5 Å². The summed E-state index contributed by atoms with van der Waals surface area (Å²) < 4.78 is 6.05. The topological polar surface area (TPSA) is 50.4 Å². The fourth-order valence-electron chi connectivity index (χ4n) is 3.12. The van der Waals surface area contributed by atoms with Crippen LogP contribution < -0.4 is 10.6 Å². The van der Waals surface area contributed by atoms with Gasteiger partial charge in [0.1, 0.15) is 5.00 Å². The first-order chi connectivity index (χ1) is 12.6. The second kappa shape index (κ2) is 8.97. The molecule has 4 nitrogen and oxygen atoms in total. The highest BCUT2D eigenvalue weighted by Gasteiger charge is 2.25. The molecule has 26 heavy (non-hydrogen) atoms. The first-order valence-corrected chi connectivity index (χ1v) is 10.7. The molecule has 1 aromatic carbocycles. The number of fused-ring (bicyclic) bond motifs is 1. The monoisotopic (exact) mass is 452 g/mol. The minimum Gasteiger partial charge on any atom is -0.465 e. The van der Waals surface area contributed by atoms with Gasteiger partial charge >= 0.3 is 5.97 Å². The SMILES string of the molecule is COC(=O)c1c(NC(=S)Nc2ccc(Br)cc2)sc2c1CCCCCC2. The summed E-state index contributed by atoms with van der Waals surface area (Å²) in [6.45, 7) is 0. The number of halogens is 1. The van der Waals surface area contributed by atoms with Crippen LogP contribution in [0.5, 0.6) is 0 Å². The highest BCUT2D eigenvalue weighted by Crippen LogP contribution is 2.37. The molecule has 1 heterocycles. The van der Waals surface area contributed by atoms with Crippen LogP contribution in [0, 0.1) is 0 Å². The summed E-state index contributed by atoms with van der Waals surface area (Å²) in [6.07, 6.45) is 6.66. The molecule has 0 saturated heterocycles. The summed E-state index contributed by atoms with van der Waals surface area (Å²) in [5, 5.41) is 7.61. The van der Waals surface area contributed by atoms with Crippen LogP contribution in [0.15, 0.2) is 28.7 Å². The lowest BCUT2D eigenvalue weighted by atomic mass is 9.96. The number of ether oxygens (including phenoxy) is 1. The minimum absolute atomic E-state index is 0.294. The van der Waals surface area contributed by atoms with Crippen molar-refractivity contribution in [2.45, 2.75) is 38.5 Å². The Morgan fingerprint density at radius 1 is 1.12 bits per heavy atom. The van der Waals surface area contributed by atoms with Crippen molar-refractivity contribution in [2.24, 2.45) is 0 Å². The van der Waals surface area contributed by atoms with Gasteiger partial charge in [0.15, 0.2) is 5.11 Å². The van der Waals surface area contributed by atoms with Gasteiger partial charge in [-0.1, -0.05) is 28.8 Å². The maximum atomic E-state index is 12.4. The molecule has 1 aliphatic rings. The molecular weight excluding hydrogens is 432 g/mol. The van der Waals surface area contributed by atoms with Gasteiger partial charge in [-0.15, -0.1) is 11.3 Å². The molecule has 0 radical (unpaired) electrons. The summed E-state index contributed by atoms with van der Waals surface area (Å²) in [6, 6.07) is 7.77. The van der Waals surface area contributed by atoms with E-state index in [1.165, 1.54) is 24.8 Å². The summed E-state index contributed by atoms with van der Waals surface area (Å²) in [7, 11) is 1.43. The zero-order valence-electron chi connectivity index (χ0n) is 14.6. The molecule has 138 valence electrons. The minimum atomic E-state index is -0.294. The number of aryl methyl sites for hydroxylation is 1. The number of carbonyl (C=O) groups excluding carboxylic acids is 1. The Morgan fingerprint density at radius 3 is 2.50 bits per heavy atom. The molecule has 0 amide bonds. The quantitative estimate of drug-likeness (QED) is 0.457. The van der Waals surface area contributed by atoms with Crippen molar-refractivity contribution in [1.82, 2.24) is 0 Å². The number of hydrogen-bond acceptors (Lipinski definition) is 4. The van der Waals surface area contributed by atoms with Gasteiger partial charge in [0.25, 0.3) is 0 Å². The number of hydrogen-bond donors (Lipinski definition) is 2. The molecule has 2 N–H and O–H groups in total. The summed E-state index contributed by atoms with van der Waals surface area (Å²) >= 11 is 10.5. The third-order valence-corrected chi connectivity index (χ3v) is 6.33. The molecule has 0 saturated carbocycles. The average molecular weight is 453 g/mol. The van der Waals surface area contributed by atoms with Crippen LogP contribution in [-0.2, 0) is 17.6 Å². The largest absolute Gasteiger partial charge is 0.465 e. The van der Waals surface area contributed by atoms with E-state index >= 15 is 0 Å². The molecule has 0 atom stereocenters. The highest BCUT2D eigenvalue weighted by atomic mass is 79.9. The van der Waals surface area contributed by atoms with Crippen molar-refractivity contribution in [2.75, 3.05) is 17.7 Å². The van der Waals surface area contributed by atoms with Crippen molar-refractivity contribution in [3.05, 3.63) is 44.7 Å². The highest BCUT2D eigenvalue weighted by molar-refractivity contribution is 9.10.